The molecule has 0 saturated heterocycles. The van der Waals surface area contributed by atoms with Crippen molar-refractivity contribution in [3.05, 3.63) is 10.1 Å². The number of alkyl halides is 1. The Morgan fingerprint density at radius 1 is 1.40 bits per heavy atom. The van der Waals surface area contributed by atoms with E-state index in [-0.39, 0.29) is 16.8 Å². The van der Waals surface area contributed by atoms with Crippen molar-refractivity contribution in [2.24, 2.45) is 0 Å². The van der Waals surface area contributed by atoms with Gasteiger partial charge < -0.3 is 5.11 Å². The summed E-state index contributed by atoms with van der Waals surface area (Å²) in [5, 5.41) is 8.25. The van der Waals surface area contributed by atoms with E-state index in [0.717, 1.165) is 0 Å². The molecule has 0 aliphatic carbocycles. The number of hydrogen-bond donors (Lipinski definition) is 1. The van der Waals surface area contributed by atoms with Crippen LogP contribution in [0.2, 0.25) is 0 Å². The summed E-state index contributed by atoms with van der Waals surface area (Å²) in [6.45, 7) is 0. The summed E-state index contributed by atoms with van der Waals surface area (Å²) in [5.74, 6) is -0.941. The predicted molar refractivity (Wildman–Crippen MR) is 41.7 cm³/mol. The van der Waals surface area contributed by atoms with Crippen LogP contribution in [-0.2, 0) is 4.79 Å². The highest BCUT2D eigenvalue weighted by Gasteiger charge is 2.05. The first-order valence-electron chi connectivity index (χ1n) is 2.38. The molecule has 0 fully saturated rings. The molecule has 0 rings (SSSR count). The van der Waals surface area contributed by atoms with Crippen molar-refractivity contribution in [2.45, 2.75) is 6.42 Å². The Morgan fingerprint density at radius 3 is 2.00 bits per heavy atom. The Bertz CT molecular complexity index is 160. The molecule has 2 nitrogen and oxygen atoms in total. The lowest BCUT2D eigenvalue weighted by Gasteiger charge is -1.97. The van der Waals surface area contributed by atoms with E-state index in [1.807, 2.05) is 0 Å². The Labute approximate surface area is 73.4 Å². The fraction of sp³-hybridized carbons (Fsp3) is 0.400. The summed E-state index contributed by atoms with van der Waals surface area (Å²) in [4.78, 5) is 10.1. The zero-order valence-electron chi connectivity index (χ0n) is 4.90. The minimum atomic E-state index is -0.991. The van der Waals surface area contributed by atoms with E-state index in [0.29, 0.717) is 5.57 Å². The maximum atomic E-state index is 10.1. The molecule has 10 heavy (non-hydrogen) atoms. The van der Waals surface area contributed by atoms with Crippen LogP contribution in [0.5, 0.6) is 0 Å². The van der Waals surface area contributed by atoms with Gasteiger partial charge in [-0.05, 0) is 5.57 Å². The van der Waals surface area contributed by atoms with Gasteiger partial charge in [-0.15, -0.1) is 11.6 Å². The van der Waals surface area contributed by atoms with Crippen LogP contribution in [0.3, 0.4) is 0 Å². The Morgan fingerprint density at radius 2 is 1.90 bits per heavy atom. The van der Waals surface area contributed by atoms with Gasteiger partial charge in [-0.3, -0.25) is 4.79 Å². The molecule has 0 aliphatic rings. The van der Waals surface area contributed by atoms with Crippen LogP contribution in [0.1, 0.15) is 6.42 Å². The van der Waals surface area contributed by atoms with Gasteiger partial charge in [0.1, 0.15) is 4.49 Å². The lowest BCUT2D eigenvalue weighted by atomic mass is 10.2. The smallest absolute Gasteiger partial charge is 0.307 e. The van der Waals surface area contributed by atoms with E-state index in [1.165, 1.54) is 0 Å². The molecule has 58 valence electrons. The number of carbonyl (C=O) groups is 1. The maximum Gasteiger partial charge on any atom is 0.307 e. The minimum Gasteiger partial charge on any atom is -0.481 e. The van der Waals surface area contributed by atoms with Gasteiger partial charge in [0.15, 0.2) is 0 Å². The molecule has 0 heterocycles. The number of carboxylic acids is 1. The summed E-state index contributed by atoms with van der Waals surface area (Å²) in [6.07, 6.45) is -0.203. The van der Waals surface area contributed by atoms with Crippen LogP contribution in [0, 0.1) is 0 Å². The van der Waals surface area contributed by atoms with Crippen molar-refractivity contribution in [1.29, 1.82) is 0 Å². The van der Waals surface area contributed by atoms with Crippen molar-refractivity contribution in [3.63, 3.8) is 0 Å². The van der Waals surface area contributed by atoms with Crippen molar-refractivity contribution in [1.82, 2.24) is 0 Å². The highest BCUT2D eigenvalue weighted by atomic mass is 35.5. The molecule has 0 radical (unpaired) electrons. The summed E-state index contributed by atoms with van der Waals surface area (Å²) in [7, 11) is 0. The first-order chi connectivity index (χ1) is 4.57. The molecular weight excluding hydrogens is 198 g/mol. The van der Waals surface area contributed by atoms with E-state index >= 15 is 0 Å². The van der Waals surface area contributed by atoms with E-state index in [2.05, 4.69) is 0 Å². The fourth-order valence-corrected chi connectivity index (χ4v) is 0.979. The van der Waals surface area contributed by atoms with Crippen LogP contribution < -0.4 is 0 Å². The number of halogens is 3. The number of hydrogen-bond acceptors (Lipinski definition) is 1. The number of aliphatic carboxylic acids is 1. The standard InChI is InChI=1S/C5H5Cl3O2/c6-2-3(5(7)8)1-4(9)10/h1-2H2,(H,9,10). The second-order valence-electron chi connectivity index (χ2n) is 1.57. The van der Waals surface area contributed by atoms with Crippen LogP contribution in [-0.4, -0.2) is 17.0 Å². The summed E-state index contributed by atoms with van der Waals surface area (Å²) in [5.41, 5.74) is 0.331. The van der Waals surface area contributed by atoms with Crippen molar-refractivity contribution < 1.29 is 9.90 Å². The third-order valence-electron chi connectivity index (χ3n) is 0.793. The van der Waals surface area contributed by atoms with Crippen molar-refractivity contribution >= 4 is 40.8 Å². The van der Waals surface area contributed by atoms with Gasteiger partial charge in [0, 0.05) is 5.88 Å². The van der Waals surface area contributed by atoms with E-state index in [9.17, 15) is 4.79 Å². The molecule has 0 bridgehead atoms. The molecule has 0 atom stereocenters. The first kappa shape index (κ1) is 10.1. The lowest BCUT2D eigenvalue weighted by molar-refractivity contribution is -0.136. The van der Waals surface area contributed by atoms with E-state index < -0.39 is 5.97 Å². The molecule has 0 unspecified atom stereocenters. The van der Waals surface area contributed by atoms with Crippen LogP contribution in [0.25, 0.3) is 0 Å². The number of carboxylic acid groups (broad SMARTS) is 1. The van der Waals surface area contributed by atoms with Gasteiger partial charge in [-0.1, -0.05) is 23.2 Å². The monoisotopic (exact) mass is 202 g/mol. The Hall–Kier alpha value is 0.0800. The maximum absolute atomic E-state index is 10.1. The molecule has 0 aromatic carbocycles. The molecule has 0 aromatic rings. The molecule has 0 amide bonds. The summed E-state index contributed by atoms with van der Waals surface area (Å²) >= 11 is 15.9. The zero-order valence-corrected chi connectivity index (χ0v) is 7.17. The summed E-state index contributed by atoms with van der Waals surface area (Å²) in [6, 6.07) is 0. The Balaban J connectivity index is 4.11. The van der Waals surface area contributed by atoms with E-state index in [1.54, 1.807) is 0 Å². The summed E-state index contributed by atoms with van der Waals surface area (Å²) < 4.78 is -0.0580. The largest absolute Gasteiger partial charge is 0.481 e. The lowest BCUT2D eigenvalue weighted by Crippen LogP contribution is -1.98. The molecule has 0 aliphatic heterocycles. The quantitative estimate of drug-likeness (QED) is 0.715. The van der Waals surface area contributed by atoms with Gasteiger partial charge in [-0.25, -0.2) is 0 Å². The van der Waals surface area contributed by atoms with Gasteiger partial charge in [-0.2, -0.15) is 0 Å². The molecule has 0 saturated carbocycles. The topological polar surface area (TPSA) is 37.3 Å². The Kier molecular flexibility index (Phi) is 4.87. The fourth-order valence-electron chi connectivity index (χ4n) is 0.347. The molecule has 5 heteroatoms. The molecule has 0 spiro atoms. The zero-order chi connectivity index (χ0) is 8.15. The van der Waals surface area contributed by atoms with Gasteiger partial charge in [0.25, 0.3) is 0 Å². The highest BCUT2D eigenvalue weighted by Crippen LogP contribution is 2.18. The molecule has 0 aromatic heterocycles. The van der Waals surface area contributed by atoms with Crippen molar-refractivity contribution in [2.75, 3.05) is 5.88 Å². The van der Waals surface area contributed by atoms with Gasteiger partial charge >= 0.3 is 5.97 Å². The van der Waals surface area contributed by atoms with Crippen LogP contribution >= 0.6 is 34.8 Å². The van der Waals surface area contributed by atoms with E-state index in [4.69, 9.17) is 39.9 Å². The average Bonchev–Trinajstić information content (AvgIpc) is 1.81. The first-order valence-corrected chi connectivity index (χ1v) is 3.67. The third kappa shape index (κ3) is 3.99. The number of rotatable bonds is 3. The van der Waals surface area contributed by atoms with Crippen molar-refractivity contribution in [3.8, 4) is 0 Å². The second-order valence-corrected chi connectivity index (χ2v) is 2.78. The normalized spacial score (nSPS) is 9.10. The van der Waals surface area contributed by atoms with Crippen LogP contribution in [0.15, 0.2) is 10.1 Å². The second kappa shape index (κ2) is 4.83. The minimum absolute atomic E-state index is 0.0502. The average molecular weight is 203 g/mol. The molecular formula is C5H5Cl3O2. The highest BCUT2D eigenvalue weighted by molar-refractivity contribution is 6.56. The molecule has 1 N–H and O–H groups in total. The third-order valence-corrected chi connectivity index (χ3v) is 1.65. The predicted octanol–water partition coefficient (Wildman–Crippen LogP) is 2.39. The van der Waals surface area contributed by atoms with Crippen LogP contribution in [0.4, 0.5) is 0 Å². The van der Waals surface area contributed by atoms with Gasteiger partial charge in [0.05, 0.1) is 6.42 Å². The van der Waals surface area contributed by atoms with Gasteiger partial charge in [0.2, 0.25) is 0 Å². The SMILES string of the molecule is O=C(O)CC(CCl)=C(Cl)Cl.